The molecule has 0 spiro atoms. The lowest BCUT2D eigenvalue weighted by Crippen LogP contribution is -2.41. The molecule has 0 bridgehead atoms. The van der Waals surface area contributed by atoms with Gasteiger partial charge in [-0.2, -0.15) is 0 Å². The largest absolute Gasteiger partial charge is 0.487 e. The van der Waals surface area contributed by atoms with Crippen molar-refractivity contribution in [2.45, 2.75) is 77.8 Å². The molecule has 2 aliphatic rings. The third kappa shape index (κ3) is 4.27. The van der Waals surface area contributed by atoms with Crippen molar-refractivity contribution in [3.63, 3.8) is 0 Å². The van der Waals surface area contributed by atoms with Crippen LogP contribution in [-0.2, 0) is 18.6 Å². The second kappa shape index (κ2) is 6.89. The molecule has 27 heavy (non-hydrogen) atoms. The van der Waals surface area contributed by atoms with E-state index in [-0.39, 0.29) is 36.6 Å². The molecule has 1 aromatic rings. The molecule has 2 aliphatic heterocycles. The molecule has 2 saturated heterocycles. The van der Waals surface area contributed by atoms with Crippen LogP contribution in [0.3, 0.4) is 0 Å². The number of hydrogen-bond donors (Lipinski definition) is 0. The van der Waals surface area contributed by atoms with Gasteiger partial charge in [-0.3, -0.25) is 0 Å². The highest BCUT2D eigenvalue weighted by molar-refractivity contribution is 7.13. The Balaban J connectivity index is 1.60. The molecule has 0 aromatic carbocycles. The van der Waals surface area contributed by atoms with E-state index in [1.165, 1.54) is 0 Å². The molecule has 3 heterocycles. The van der Waals surface area contributed by atoms with E-state index < -0.39 is 0 Å². The molecule has 0 N–H and O–H groups in total. The van der Waals surface area contributed by atoms with E-state index in [0.29, 0.717) is 0 Å². The highest BCUT2D eigenvalue weighted by Crippen LogP contribution is 2.38. The second-order valence-corrected chi connectivity index (χ2v) is 10.4. The molecule has 3 rings (SSSR count). The lowest BCUT2D eigenvalue weighted by atomic mass is 9.90. The summed E-state index contributed by atoms with van der Waals surface area (Å²) in [7, 11) is -0.637. The molecule has 1 aromatic heterocycles. The second-order valence-electron chi connectivity index (χ2n) is 9.21. The minimum Gasteiger partial charge on any atom is -0.400 e. The third-order valence-corrected chi connectivity index (χ3v) is 7.04. The van der Waals surface area contributed by atoms with E-state index in [4.69, 9.17) is 18.6 Å². The Bertz CT molecular complexity index is 656. The third-order valence-electron chi connectivity index (χ3n) is 6.03. The number of thiophene rings is 1. The van der Waals surface area contributed by atoms with Crippen LogP contribution in [-0.4, -0.2) is 36.6 Å². The Morgan fingerprint density at radius 1 is 0.630 bits per heavy atom. The fraction of sp³-hybridized carbons (Fsp3) is 0.600. The summed E-state index contributed by atoms with van der Waals surface area (Å²) in [6.45, 7) is 16.5. The fourth-order valence-corrected chi connectivity index (χ4v) is 3.67. The zero-order valence-corrected chi connectivity index (χ0v) is 18.5. The Morgan fingerprint density at radius 2 is 0.926 bits per heavy atom. The highest BCUT2D eigenvalue weighted by atomic mass is 32.1. The SMILES string of the molecule is CC1(C)OB(/C=C/c2ccc(/C=C/B3OC(C)(C)C(C)(C)O3)s2)OC1(C)C. The maximum absolute atomic E-state index is 6.00. The molecule has 4 nitrogen and oxygen atoms in total. The van der Waals surface area contributed by atoms with Crippen molar-refractivity contribution in [3.05, 3.63) is 33.8 Å². The van der Waals surface area contributed by atoms with E-state index >= 15 is 0 Å². The average Bonchev–Trinajstić information content (AvgIpc) is 3.10. The van der Waals surface area contributed by atoms with Gasteiger partial charge in [-0.25, -0.2) is 0 Å². The van der Waals surface area contributed by atoms with Crippen molar-refractivity contribution in [2.75, 3.05) is 0 Å². The summed E-state index contributed by atoms with van der Waals surface area (Å²) in [5.74, 6) is 3.95. The molecule has 2 fully saturated rings. The van der Waals surface area contributed by atoms with Gasteiger partial charge in [-0.1, -0.05) is 24.1 Å². The van der Waals surface area contributed by atoms with Gasteiger partial charge in [-0.05, 0) is 67.5 Å². The molecular weight excluding hydrogens is 358 g/mol. The molecule has 0 aliphatic carbocycles. The monoisotopic (exact) mass is 388 g/mol. The van der Waals surface area contributed by atoms with Gasteiger partial charge in [-0.15, -0.1) is 11.3 Å². The maximum Gasteiger partial charge on any atom is 0.487 e. The highest BCUT2D eigenvalue weighted by Gasteiger charge is 2.50. The molecule has 0 amide bonds. The summed E-state index contributed by atoms with van der Waals surface area (Å²) in [6.07, 6.45) is 4.11. The van der Waals surface area contributed by atoms with Gasteiger partial charge < -0.3 is 18.6 Å². The lowest BCUT2D eigenvalue weighted by Gasteiger charge is -2.32. The predicted molar refractivity (Wildman–Crippen MR) is 115 cm³/mol. The van der Waals surface area contributed by atoms with Crippen LogP contribution in [0.2, 0.25) is 0 Å². The first-order valence-corrected chi connectivity index (χ1v) is 10.3. The molecule has 0 unspecified atom stereocenters. The molecule has 7 heteroatoms. The van der Waals surface area contributed by atoms with Crippen LogP contribution in [0.1, 0.15) is 65.1 Å². The van der Waals surface area contributed by atoms with Gasteiger partial charge in [0.2, 0.25) is 0 Å². The Labute approximate surface area is 168 Å². The lowest BCUT2D eigenvalue weighted by molar-refractivity contribution is 0.00578. The molecule has 0 saturated carbocycles. The average molecular weight is 388 g/mol. The molecule has 146 valence electrons. The van der Waals surface area contributed by atoms with Crippen molar-refractivity contribution in [1.29, 1.82) is 0 Å². The van der Waals surface area contributed by atoms with Gasteiger partial charge in [0.05, 0.1) is 22.4 Å². The molecule has 0 radical (unpaired) electrons. The van der Waals surface area contributed by atoms with E-state index in [9.17, 15) is 0 Å². The van der Waals surface area contributed by atoms with Crippen LogP contribution in [0.15, 0.2) is 24.1 Å². The van der Waals surface area contributed by atoms with E-state index in [1.54, 1.807) is 11.3 Å². The predicted octanol–water partition coefficient (Wildman–Crippen LogP) is 5.04. The van der Waals surface area contributed by atoms with Crippen LogP contribution in [0.25, 0.3) is 12.2 Å². The first kappa shape index (κ1) is 20.9. The summed E-state index contributed by atoms with van der Waals surface area (Å²) >= 11 is 1.70. The van der Waals surface area contributed by atoms with Crippen molar-refractivity contribution < 1.29 is 18.6 Å². The topological polar surface area (TPSA) is 36.9 Å². The Morgan fingerprint density at radius 3 is 1.22 bits per heavy atom. The quantitative estimate of drug-likeness (QED) is 0.678. The molecular formula is C20H30B2O4S. The van der Waals surface area contributed by atoms with Crippen LogP contribution in [0, 0.1) is 0 Å². The Kier molecular flexibility index (Phi) is 5.32. The minimum atomic E-state index is -0.319. The number of rotatable bonds is 4. The first-order chi connectivity index (χ1) is 12.3. The van der Waals surface area contributed by atoms with Crippen molar-refractivity contribution in [1.82, 2.24) is 0 Å². The van der Waals surface area contributed by atoms with E-state index in [0.717, 1.165) is 9.75 Å². The van der Waals surface area contributed by atoms with Gasteiger partial charge in [0.15, 0.2) is 0 Å². The van der Waals surface area contributed by atoms with Crippen LogP contribution >= 0.6 is 11.3 Å². The maximum atomic E-state index is 6.00. The zero-order valence-electron chi connectivity index (χ0n) is 17.7. The fourth-order valence-electron chi connectivity index (χ4n) is 2.83. The van der Waals surface area contributed by atoms with Gasteiger partial charge in [0.1, 0.15) is 0 Å². The van der Waals surface area contributed by atoms with Crippen molar-refractivity contribution in [3.8, 4) is 0 Å². The molecule has 0 atom stereocenters. The zero-order chi connectivity index (χ0) is 20.1. The van der Waals surface area contributed by atoms with Crippen LogP contribution < -0.4 is 0 Å². The van der Waals surface area contributed by atoms with Crippen LogP contribution in [0.5, 0.6) is 0 Å². The van der Waals surface area contributed by atoms with Gasteiger partial charge in [0.25, 0.3) is 0 Å². The summed E-state index contributed by atoms with van der Waals surface area (Å²) in [6, 6.07) is 4.19. The minimum absolute atomic E-state index is 0.311. The first-order valence-electron chi connectivity index (χ1n) is 9.49. The summed E-state index contributed by atoms with van der Waals surface area (Å²) in [4.78, 5) is 2.30. The van der Waals surface area contributed by atoms with Gasteiger partial charge >= 0.3 is 14.2 Å². The number of hydrogen-bond acceptors (Lipinski definition) is 5. The standard InChI is InChI=1S/C20H30B2O4S/c1-17(2)18(3,4)24-21(23-17)13-11-15-9-10-16(27-15)12-14-22-25-19(5,6)20(7,8)26-22/h9-14H,1-8H3/b13-11+,14-12+. The van der Waals surface area contributed by atoms with Gasteiger partial charge in [0, 0.05) is 9.75 Å². The van der Waals surface area contributed by atoms with E-state index in [2.05, 4.69) is 79.7 Å². The van der Waals surface area contributed by atoms with Crippen LogP contribution in [0.4, 0.5) is 0 Å². The summed E-state index contributed by atoms with van der Waals surface area (Å²) < 4.78 is 24.0. The summed E-state index contributed by atoms with van der Waals surface area (Å²) in [5.41, 5.74) is -1.25. The summed E-state index contributed by atoms with van der Waals surface area (Å²) in [5, 5.41) is 0. The van der Waals surface area contributed by atoms with Crippen molar-refractivity contribution >= 4 is 37.7 Å². The normalized spacial score (nSPS) is 25.9. The Hall–Kier alpha value is -0.850. The van der Waals surface area contributed by atoms with E-state index in [1.807, 2.05) is 12.0 Å². The van der Waals surface area contributed by atoms with Crippen molar-refractivity contribution in [2.24, 2.45) is 0 Å². The smallest absolute Gasteiger partial charge is 0.400 e.